The smallest absolute Gasteiger partial charge is 0.0919 e. The molecule has 1 aromatic carbocycles. The molecule has 3 heteroatoms. The van der Waals surface area contributed by atoms with E-state index >= 15 is 0 Å². The van der Waals surface area contributed by atoms with Gasteiger partial charge in [-0.2, -0.15) is 0 Å². The highest BCUT2D eigenvalue weighted by Gasteiger charge is 2.43. The van der Waals surface area contributed by atoms with Crippen molar-refractivity contribution in [3.05, 3.63) is 28.8 Å². The molecule has 2 nitrogen and oxygen atoms in total. The van der Waals surface area contributed by atoms with Gasteiger partial charge in [0.15, 0.2) is 0 Å². The van der Waals surface area contributed by atoms with Crippen molar-refractivity contribution < 1.29 is 5.11 Å². The first-order valence-electron chi connectivity index (χ1n) is 3.90. The van der Waals surface area contributed by atoms with Crippen molar-refractivity contribution >= 4 is 17.3 Å². The summed E-state index contributed by atoms with van der Waals surface area (Å²) in [6.45, 7) is 0. The van der Waals surface area contributed by atoms with Crippen LogP contribution in [0.15, 0.2) is 18.2 Å². The molecule has 0 heterocycles. The number of anilines is 1. The average Bonchev–Trinajstić information content (AvgIpc) is 2.75. The summed E-state index contributed by atoms with van der Waals surface area (Å²) in [5, 5.41) is 10.4. The van der Waals surface area contributed by atoms with Crippen LogP contribution in [0, 0.1) is 0 Å². The maximum Gasteiger partial charge on any atom is 0.0919 e. The van der Waals surface area contributed by atoms with E-state index in [1.165, 1.54) is 0 Å². The van der Waals surface area contributed by atoms with Gasteiger partial charge in [0.1, 0.15) is 0 Å². The first kappa shape index (κ1) is 7.90. The largest absolute Gasteiger partial charge is 0.398 e. The van der Waals surface area contributed by atoms with Crippen LogP contribution in [0.5, 0.6) is 0 Å². The minimum atomic E-state index is -0.686. The van der Waals surface area contributed by atoms with Crippen LogP contribution in [-0.2, 0) is 5.60 Å². The zero-order chi connectivity index (χ0) is 8.77. The predicted octanol–water partition coefficient (Wildman–Crippen LogP) is 1.90. The summed E-state index contributed by atoms with van der Waals surface area (Å²) in [5.41, 5.74) is 6.41. The second-order valence-electron chi connectivity index (χ2n) is 3.26. The van der Waals surface area contributed by atoms with Crippen LogP contribution in [0.1, 0.15) is 18.4 Å². The Morgan fingerprint density at radius 3 is 2.67 bits per heavy atom. The molecule has 0 aliphatic heterocycles. The summed E-state index contributed by atoms with van der Waals surface area (Å²) in [6, 6.07) is 5.20. The molecule has 0 aromatic heterocycles. The maximum atomic E-state index is 9.77. The Morgan fingerprint density at radius 2 is 2.08 bits per heavy atom. The van der Waals surface area contributed by atoms with E-state index in [2.05, 4.69) is 0 Å². The molecule has 0 radical (unpaired) electrons. The standard InChI is InChI=1S/C9H10ClNO/c10-6-1-2-8(11)7(5-6)9(12)3-4-9/h1-2,5,12H,3-4,11H2. The van der Waals surface area contributed by atoms with Crippen molar-refractivity contribution in [1.29, 1.82) is 0 Å². The molecule has 2 rings (SSSR count). The average molecular weight is 184 g/mol. The number of rotatable bonds is 1. The Hall–Kier alpha value is -0.730. The number of nitrogens with two attached hydrogens (primary N) is 1. The highest BCUT2D eigenvalue weighted by Crippen LogP contribution is 2.47. The summed E-state index contributed by atoms with van der Waals surface area (Å²) in [4.78, 5) is 0. The van der Waals surface area contributed by atoms with E-state index in [9.17, 15) is 5.11 Å². The summed E-state index contributed by atoms with van der Waals surface area (Å²) < 4.78 is 0. The van der Waals surface area contributed by atoms with E-state index in [-0.39, 0.29) is 0 Å². The van der Waals surface area contributed by atoms with Crippen LogP contribution in [0.25, 0.3) is 0 Å². The van der Waals surface area contributed by atoms with Gasteiger partial charge in [-0.05, 0) is 31.0 Å². The van der Waals surface area contributed by atoms with Crippen molar-refractivity contribution in [1.82, 2.24) is 0 Å². The minimum Gasteiger partial charge on any atom is -0.398 e. The lowest BCUT2D eigenvalue weighted by molar-refractivity contribution is 0.152. The monoisotopic (exact) mass is 183 g/mol. The second-order valence-corrected chi connectivity index (χ2v) is 3.70. The van der Waals surface area contributed by atoms with E-state index in [4.69, 9.17) is 17.3 Å². The van der Waals surface area contributed by atoms with Crippen molar-refractivity contribution in [3.8, 4) is 0 Å². The fraction of sp³-hybridized carbons (Fsp3) is 0.333. The minimum absolute atomic E-state index is 0.624. The first-order chi connectivity index (χ1) is 5.62. The molecule has 0 spiro atoms. The molecule has 0 atom stereocenters. The lowest BCUT2D eigenvalue weighted by Gasteiger charge is -2.11. The van der Waals surface area contributed by atoms with E-state index in [0.717, 1.165) is 18.4 Å². The number of benzene rings is 1. The van der Waals surface area contributed by atoms with Gasteiger partial charge in [0, 0.05) is 16.3 Å². The Bertz CT molecular complexity index is 320. The zero-order valence-corrected chi connectivity index (χ0v) is 7.30. The van der Waals surface area contributed by atoms with Gasteiger partial charge in [0.2, 0.25) is 0 Å². The molecule has 1 saturated carbocycles. The van der Waals surface area contributed by atoms with Crippen LogP contribution in [0.3, 0.4) is 0 Å². The van der Waals surface area contributed by atoms with Gasteiger partial charge in [-0.3, -0.25) is 0 Å². The van der Waals surface area contributed by atoms with Crippen LogP contribution in [0.2, 0.25) is 5.02 Å². The number of hydrogen-bond donors (Lipinski definition) is 2. The molecule has 1 aromatic rings. The highest BCUT2D eigenvalue weighted by atomic mass is 35.5. The summed E-state index contributed by atoms with van der Waals surface area (Å²) in [7, 11) is 0. The Balaban J connectivity index is 2.48. The van der Waals surface area contributed by atoms with Gasteiger partial charge in [-0.25, -0.2) is 0 Å². The topological polar surface area (TPSA) is 46.2 Å². The SMILES string of the molecule is Nc1ccc(Cl)cc1C1(O)CC1. The second kappa shape index (κ2) is 2.38. The predicted molar refractivity (Wildman–Crippen MR) is 49.0 cm³/mol. The van der Waals surface area contributed by atoms with Crippen molar-refractivity contribution in [2.24, 2.45) is 0 Å². The molecule has 0 saturated heterocycles. The normalized spacial score (nSPS) is 19.2. The highest BCUT2D eigenvalue weighted by molar-refractivity contribution is 6.30. The lowest BCUT2D eigenvalue weighted by Crippen LogP contribution is -2.07. The molecule has 3 N–H and O–H groups in total. The molecule has 1 aliphatic rings. The first-order valence-corrected chi connectivity index (χ1v) is 4.27. The zero-order valence-electron chi connectivity index (χ0n) is 6.55. The van der Waals surface area contributed by atoms with Crippen LogP contribution in [0.4, 0.5) is 5.69 Å². The summed E-state index contributed by atoms with van der Waals surface area (Å²) >= 11 is 5.78. The maximum absolute atomic E-state index is 9.77. The molecule has 1 fully saturated rings. The summed E-state index contributed by atoms with van der Waals surface area (Å²) in [6.07, 6.45) is 1.58. The van der Waals surface area contributed by atoms with Gasteiger partial charge in [-0.15, -0.1) is 0 Å². The number of nitrogen functional groups attached to an aromatic ring is 1. The van der Waals surface area contributed by atoms with Gasteiger partial charge >= 0.3 is 0 Å². The third-order valence-electron chi connectivity index (χ3n) is 2.24. The van der Waals surface area contributed by atoms with Crippen molar-refractivity contribution in [2.75, 3.05) is 5.73 Å². The Morgan fingerprint density at radius 1 is 1.42 bits per heavy atom. The number of hydrogen-bond acceptors (Lipinski definition) is 2. The van der Waals surface area contributed by atoms with Gasteiger partial charge in [-0.1, -0.05) is 11.6 Å². The molecule has 0 bridgehead atoms. The molecule has 12 heavy (non-hydrogen) atoms. The molecule has 1 aliphatic carbocycles. The Kier molecular flexibility index (Phi) is 1.56. The van der Waals surface area contributed by atoms with E-state index in [1.807, 2.05) is 0 Å². The van der Waals surface area contributed by atoms with Crippen molar-refractivity contribution in [3.63, 3.8) is 0 Å². The van der Waals surface area contributed by atoms with E-state index in [1.54, 1.807) is 18.2 Å². The molecular formula is C9H10ClNO. The number of aliphatic hydroxyl groups is 1. The quantitative estimate of drug-likeness (QED) is 0.654. The third kappa shape index (κ3) is 1.17. The molecular weight excluding hydrogens is 174 g/mol. The van der Waals surface area contributed by atoms with Gasteiger partial charge in [0.25, 0.3) is 0 Å². The summed E-state index contributed by atoms with van der Waals surface area (Å²) in [5.74, 6) is 0. The fourth-order valence-corrected chi connectivity index (χ4v) is 1.49. The number of halogens is 1. The van der Waals surface area contributed by atoms with Crippen LogP contribution in [-0.4, -0.2) is 5.11 Å². The molecule has 0 amide bonds. The van der Waals surface area contributed by atoms with Gasteiger partial charge < -0.3 is 10.8 Å². The lowest BCUT2D eigenvalue weighted by atomic mass is 10.1. The van der Waals surface area contributed by atoms with Crippen LogP contribution < -0.4 is 5.73 Å². The molecule has 64 valence electrons. The van der Waals surface area contributed by atoms with E-state index < -0.39 is 5.60 Å². The molecule has 0 unspecified atom stereocenters. The fourth-order valence-electron chi connectivity index (χ4n) is 1.32. The Labute approximate surface area is 76.0 Å². The van der Waals surface area contributed by atoms with Crippen LogP contribution >= 0.6 is 11.6 Å². The van der Waals surface area contributed by atoms with Crippen molar-refractivity contribution in [2.45, 2.75) is 18.4 Å². The third-order valence-corrected chi connectivity index (χ3v) is 2.48. The van der Waals surface area contributed by atoms with E-state index in [0.29, 0.717) is 10.7 Å². The van der Waals surface area contributed by atoms with Gasteiger partial charge in [0.05, 0.1) is 5.60 Å².